The quantitative estimate of drug-likeness (QED) is 0.569. The molecule has 2 saturated heterocycles. The first kappa shape index (κ1) is 25.8. The summed E-state index contributed by atoms with van der Waals surface area (Å²) in [5.41, 5.74) is 0.874. The number of ether oxygens (including phenoxy) is 1. The normalized spacial score (nSPS) is 19.1. The van der Waals surface area contributed by atoms with Crippen LogP contribution in [-0.4, -0.2) is 46.8 Å². The minimum absolute atomic E-state index is 0. The van der Waals surface area contributed by atoms with Gasteiger partial charge in [-0.2, -0.15) is 0 Å². The Labute approximate surface area is 208 Å². The number of amides is 2. The third-order valence-electron chi connectivity index (χ3n) is 6.68. The summed E-state index contributed by atoms with van der Waals surface area (Å²) in [6, 6.07) is 17.9. The van der Waals surface area contributed by atoms with Gasteiger partial charge in [-0.05, 0) is 56.0 Å². The number of likely N-dealkylation sites (tertiary alicyclic amines) is 1. The first-order valence-electron chi connectivity index (χ1n) is 11.9. The number of para-hydroxylation sites is 1. The number of hydrogen-bond acceptors (Lipinski definition) is 4. The van der Waals surface area contributed by atoms with Crippen molar-refractivity contribution in [3.8, 4) is 11.5 Å². The van der Waals surface area contributed by atoms with Crippen molar-refractivity contribution >= 4 is 24.2 Å². The predicted molar refractivity (Wildman–Crippen MR) is 136 cm³/mol. The molecule has 34 heavy (non-hydrogen) atoms. The Morgan fingerprint density at radius 1 is 1.00 bits per heavy atom. The van der Waals surface area contributed by atoms with E-state index in [0.717, 1.165) is 44.0 Å². The fourth-order valence-corrected chi connectivity index (χ4v) is 4.71. The van der Waals surface area contributed by atoms with Gasteiger partial charge in [0.05, 0.1) is 0 Å². The van der Waals surface area contributed by atoms with Gasteiger partial charge in [0.2, 0.25) is 0 Å². The first-order valence-corrected chi connectivity index (χ1v) is 11.9. The van der Waals surface area contributed by atoms with Crippen LogP contribution >= 0.6 is 12.4 Å². The topological polar surface area (TPSA) is 61.9 Å². The number of nitrogens with one attached hydrogen (secondary N) is 1. The second-order valence-electron chi connectivity index (χ2n) is 8.83. The van der Waals surface area contributed by atoms with Crippen LogP contribution in [0.15, 0.2) is 66.4 Å². The number of nitrogens with zero attached hydrogens (tertiary/aromatic N) is 2. The van der Waals surface area contributed by atoms with Crippen molar-refractivity contribution in [1.29, 1.82) is 0 Å². The van der Waals surface area contributed by atoms with Crippen molar-refractivity contribution in [2.45, 2.75) is 51.6 Å². The Kier molecular flexibility index (Phi) is 8.75. The fraction of sp³-hybridized carbons (Fsp3) is 0.407. The molecule has 6 nitrogen and oxygen atoms in total. The van der Waals surface area contributed by atoms with E-state index in [0.29, 0.717) is 25.1 Å². The van der Waals surface area contributed by atoms with Crippen LogP contribution in [0.1, 0.15) is 45.1 Å². The molecule has 0 atom stereocenters. The van der Waals surface area contributed by atoms with Crippen LogP contribution in [0.2, 0.25) is 0 Å². The summed E-state index contributed by atoms with van der Waals surface area (Å²) in [6.45, 7) is 6.89. The molecule has 2 heterocycles. The number of allylic oxidation sites excluding steroid dienone is 1. The highest BCUT2D eigenvalue weighted by Gasteiger charge is 2.51. The summed E-state index contributed by atoms with van der Waals surface area (Å²) in [6.07, 6.45) is 4.90. The van der Waals surface area contributed by atoms with Gasteiger partial charge >= 0.3 is 0 Å². The number of rotatable bonds is 7. The molecular weight excluding hydrogens is 450 g/mol. The van der Waals surface area contributed by atoms with Gasteiger partial charge in [0, 0.05) is 26.2 Å². The zero-order chi connectivity index (χ0) is 23.3. The smallest absolute Gasteiger partial charge is 0.270 e. The molecule has 0 bridgehead atoms. The Hall–Kier alpha value is -2.83. The van der Waals surface area contributed by atoms with Crippen LogP contribution in [0.3, 0.4) is 0 Å². The zero-order valence-corrected chi connectivity index (χ0v) is 20.8. The lowest BCUT2D eigenvalue weighted by Gasteiger charge is -2.50. The second-order valence-corrected chi connectivity index (χ2v) is 8.83. The molecule has 2 amide bonds. The Morgan fingerprint density at radius 2 is 1.65 bits per heavy atom. The van der Waals surface area contributed by atoms with Crippen molar-refractivity contribution in [2.24, 2.45) is 0 Å². The zero-order valence-electron chi connectivity index (χ0n) is 20.0. The molecule has 2 aromatic carbocycles. The fourth-order valence-electron chi connectivity index (χ4n) is 4.71. The average Bonchev–Trinajstić information content (AvgIpc) is 2.84. The SMILES string of the molecule is CC=C1NC(=O)C2(CCN(Cc3ccc(Oc4ccccc4)cc3)CC2)N(CCCC)C1=O.Cl. The standard InChI is InChI=1S/C27H33N3O3.ClH/c1-3-5-17-30-25(31)24(4-2)28-26(32)27(30)15-18-29(19-16-27)20-21-11-13-23(14-12-21)33-22-9-7-6-8-10-22;/h4,6-14H,3,5,15-20H2,1-2H3,(H,28,32);1H. The van der Waals surface area contributed by atoms with Crippen molar-refractivity contribution < 1.29 is 14.3 Å². The van der Waals surface area contributed by atoms with Gasteiger partial charge in [-0.1, -0.05) is 49.8 Å². The molecule has 2 aliphatic heterocycles. The Bertz CT molecular complexity index is 1000. The molecule has 1 spiro atoms. The number of piperazine rings is 1. The highest BCUT2D eigenvalue weighted by atomic mass is 35.5. The molecule has 0 saturated carbocycles. The molecule has 2 aliphatic rings. The number of benzene rings is 2. The summed E-state index contributed by atoms with van der Waals surface area (Å²) in [4.78, 5) is 30.4. The number of carbonyl (C=O) groups is 2. The monoisotopic (exact) mass is 483 g/mol. The molecule has 4 rings (SSSR count). The van der Waals surface area contributed by atoms with Crippen molar-refractivity contribution in [3.63, 3.8) is 0 Å². The maximum atomic E-state index is 13.1. The molecular formula is C27H34ClN3O3. The van der Waals surface area contributed by atoms with E-state index in [-0.39, 0.29) is 24.2 Å². The van der Waals surface area contributed by atoms with E-state index in [1.165, 1.54) is 5.56 Å². The largest absolute Gasteiger partial charge is 0.457 e. The minimum atomic E-state index is -0.733. The predicted octanol–water partition coefficient (Wildman–Crippen LogP) is 4.90. The summed E-state index contributed by atoms with van der Waals surface area (Å²) < 4.78 is 5.88. The highest BCUT2D eigenvalue weighted by molar-refractivity contribution is 6.06. The van der Waals surface area contributed by atoms with E-state index in [4.69, 9.17) is 4.74 Å². The van der Waals surface area contributed by atoms with E-state index in [1.807, 2.05) is 47.4 Å². The number of unbranched alkanes of at least 4 members (excludes halogenated alkanes) is 1. The number of carbonyl (C=O) groups excluding carboxylic acids is 2. The highest BCUT2D eigenvalue weighted by Crippen LogP contribution is 2.34. The van der Waals surface area contributed by atoms with Gasteiger partial charge in [-0.25, -0.2) is 0 Å². The third-order valence-corrected chi connectivity index (χ3v) is 6.68. The first-order chi connectivity index (χ1) is 16.1. The van der Waals surface area contributed by atoms with Crippen LogP contribution in [0.5, 0.6) is 11.5 Å². The average molecular weight is 484 g/mol. The lowest BCUT2D eigenvalue weighted by atomic mass is 9.82. The summed E-state index contributed by atoms with van der Waals surface area (Å²) in [5, 5.41) is 2.87. The molecule has 182 valence electrons. The minimum Gasteiger partial charge on any atom is -0.457 e. The Morgan fingerprint density at radius 3 is 2.26 bits per heavy atom. The van der Waals surface area contributed by atoms with Gasteiger partial charge in [-0.15, -0.1) is 12.4 Å². The second kappa shape index (κ2) is 11.5. The number of hydrogen-bond donors (Lipinski definition) is 1. The molecule has 0 unspecified atom stereocenters. The number of halogens is 1. The summed E-state index contributed by atoms with van der Waals surface area (Å²) in [5.74, 6) is 1.55. The van der Waals surface area contributed by atoms with E-state index >= 15 is 0 Å². The van der Waals surface area contributed by atoms with E-state index in [2.05, 4.69) is 29.3 Å². The van der Waals surface area contributed by atoms with Crippen molar-refractivity contribution in [3.05, 3.63) is 71.9 Å². The van der Waals surface area contributed by atoms with E-state index in [1.54, 1.807) is 13.0 Å². The van der Waals surface area contributed by atoms with Gasteiger partial charge < -0.3 is 15.0 Å². The van der Waals surface area contributed by atoms with Crippen molar-refractivity contribution in [2.75, 3.05) is 19.6 Å². The van der Waals surface area contributed by atoms with Gasteiger partial charge in [0.25, 0.3) is 11.8 Å². The molecule has 2 aromatic rings. The maximum Gasteiger partial charge on any atom is 0.270 e. The van der Waals surface area contributed by atoms with Gasteiger partial charge in [0.1, 0.15) is 22.7 Å². The van der Waals surface area contributed by atoms with Crippen LogP contribution in [-0.2, 0) is 16.1 Å². The molecule has 7 heteroatoms. The van der Waals surface area contributed by atoms with Gasteiger partial charge in [-0.3, -0.25) is 14.5 Å². The van der Waals surface area contributed by atoms with E-state index < -0.39 is 5.54 Å². The van der Waals surface area contributed by atoms with Crippen LogP contribution in [0, 0.1) is 0 Å². The summed E-state index contributed by atoms with van der Waals surface area (Å²) >= 11 is 0. The van der Waals surface area contributed by atoms with Crippen LogP contribution < -0.4 is 10.1 Å². The molecule has 0 aliphatic carbocycles. The number of piperidine rings is 1. The van der Waals surface area contributed by atoms with E-state index in [9.17, 15) is 9.59 Å². The van der Waals surface area contributed by atoms with Crippen LogP contribution in [0.25, 0.3) is 0 Å². The lowest BCUT2D eigenvalue weighted by Crippen LogP contribution is -2.69. The molecule has 0 aromatic heterocycles. The molecule has 0 radical (unpaired) electrons. The molecule has 1 N–H and O–H groups in total. The molecule has 2 fully saturated rings. The van der Waals surface area contributed by atoms with Crippen LogP contribution in [0.4, 0.5) is 0 Å². The van der Waals surface area contributed by atoms with Crippen molar-refractivity contribution in [1.82, 2.24) is 15.1 Å². The van der Waals surface area contributed by atoms with Gasteiger partial charge in [0.15, 0.2) is 0 Å². The lowest BCUT2D eigenvalue weighted by molar-refractivity contribution is -0.154. The summed E-state index contributed by atoms with van der Waals surface area (Å²) in [7, 11) is 0. The maximum absolute atomic E-state index is 13.1. The third kappa shape index (κ3) is 5.45. The Balaban J connectivity index is 0.00000324.